The first-order chi connectivity index (χ1) is 14.7. The van der Waals surface area contributed by atoms with Crippen LogP contribution < -0.4 is 10.6 Å². The Balaban J connectivity index is 1.45. The normalized spacial score (nSPS) is 16.0. The molecule has 2 N–H and O–H groups in total. The monoisotopic (exact) mass is 411 g/mol. The lowest BCUT2D eigenvalue weighted by atomic mass is 9.83. The van der Waals surface area contributed by atoms with Gasteiger partial charge >= 0.3 is 0 Å². The van der Waals surface area contributed by atoms with Crippen molar-refractivity contribution in [3.63, 3.8) is 0 Å². The van der Waals surface area contributed by atoms with Gasteiger partial charge in [0.25, 0.3) is 0 Å². The third-order valence-corrected chi connectivity index (χ3v) is 6.28. The molecule has 0 saturated heterocycles. The maximum absolute atomic E-state index is 5.35. The summed E-state index contributed by atoms with van der Waals surface area (Å²) in [4.78, 5) is 8.96. The summed E-state index contributed by atoms with van der Waals surface area (Å²) in [6.07, 6.45) is 12.4. The van der Waals surface area contributed by atoms with E-state index in [1.807, 2.05) is 13.2 Å². The number of aromatic nitrogens is 2. The summed E-state index contributed by atoms with van der Waals surface area (Å²) >= 11 is 0. The van der Waals surface area contributed by atoms with E-state index < -0.39 is 0 Å². The largest absolute Gasteiger partial charge is 0.385 e. The van der Waals surface area contributed by atoms with Crippen LogP contribution in [0.5, 0.6) is 0 Å². The lowest BCUT2D eigenvalue weighted by Gasteiger charge is -2.29. The molecular formula is C24H37N5O. The van der Waals surface area contributed by atoms with E-state index in [0.717, 1.165) is 50.7 Å². The zero-order chi connectivity index (χ0) is 21.1. The van der Waals surface area contributed by atoms with Crippen LogP contribution in [0.4, 0.5) is 0 Å². The number of hydrogen-bond donors (Lipinski definition) is 2. The number of methoxy groups -OCH3 is 1. The Labute approximate surface area is 181 Å². The quantitative estimate of drug-likeness (QED) is 0.436. The lowest BCUT2D eigenvalue weighted by molar-refractivity contribution is 0.138. The van der Waals surface area contributed by atoms with Crippen LogP contribution in [-0.2, 0) is 24.2 Å². The summed E-state index contributed by atoms with van der Waals surface area (Å²) in [5, 5.41) is 7.00. The number of imidazole rings is 1. The number of aliphatic imine (C=N–C) groups is 1. The van der Waals surface area contributed by atoms with Crippen LogP contribution in [0.25, 0.3) is 0 Å². The molecule has 1 aliphatic carbocycles. The van der Waals surface area contributed by atoms with E-state index in [-0.39, 0.29) is 0 Å². The second-order valence-electron chi connectivity index (χ2n) is 8.36. The van der Waals surface area contributed by atoms with Gasteiger partial charge in [0.15, 0.2) is 5.96 Å². The lowest BCUT2D eigenvalue weighted by Crippen LogP contribution is -2.43. The number of guanidine groups is 1. The van der Waals surface area contributed by atoms with Gasteiger partial charge in [-0.3, -0.25) is 4.99 Å². The van der Waals surface area contributed by atoms with Gasteiger partial charge in [0.2, 0.25) is 0 Å². The molecule has 1 aliphatic rings. The van der Waals surface area contributed by atoms with Gasteiger partial charge in [-0.15, -0.1) is 0 Å². The molecule has 2 aromatic rings. The smallest absolute Gasteiger partial charge is 0.191 e. The number of rotatable bonds is 11. The van der Waals surface area contributed by atoms with Crippen molar-refractivity contribution in [2.45, 2.75) is 58.0 Å². The summed E-state index contributed by atoms with van der Waals surface area (Å²) in [5.74, 6) is 1.89. The van der Waals surface area contributed by atoms with Crippen LogP contribution in [0.15, 0.2) is 47.7 Å². The van der Waals surface area contributed by atoms with E-state index in [1.54, 1.807) is 7.11 Å². The molecule has 1 aromatic carbocycles. The van der Waals surface area contributed by atoms with Gasteiger partial charge in [-0.25, -0.2) is 4.98 Å². The van der Waals surface area contributed by atoms with Crippen LogP contribution in [0.1, 0.15) is 49.9 Å². The summed E-state index contributed by atoms with van der Waals surface area (Å²) in [6.45, 7) is 3.41. The van der Waals surface area contributed by atoms with E-state index in [1.165, 1.54) is 31.2 Å². The molecule has 1 aromatic heterocycles. The SMILES string of the molecule is CN=C(NCc1nccn1CCCc1ccccc1)NCC1(CCOC)CCCC1. The van der Waals surface area contributed by atoms with E-state index in [0.29, 0.717) is 12.0 Å². The summed E-state index contributed by atoms with van der Waals surface area (Å²) in [5.41, 5.74) is 1.72. The van der Waals surface area contributed by atoms with Crippen molar-refractivity contribution in [2.75, 3.05) is 27.3 Å². The van der Waals surface area contributed by atoms with Crippen LogP contribution in [0.3, 0.4) is 0 Å². The zero-order valence-electron chi connectivity index (χ0n) is 18.6. The van der Waals surface area contributed by atoms with E-state index in [4.69, 9.17) is 4.74 Å². The Kier molecular flexibility index (Phi) is 8.75. The van der Waals surface area contributed by atoms with Gasteiger partial charge in [-0.05, 0) is 43.1 Å². The van der Waals surface area contributed by atoms with E-state index in [2.05, 4.69) is 61.7 Å². The van der Waals surface area contributed by atoms with Crippen molar-refractivity contribution in [1.29, 1.82) is 0 Å². The number of nitrogens with zero attached hydrogens (tertiary/aromatic N) is 3. The van der Waals surface area contributed by atoms with Crippen molar-refractivity contribution in [2.24, 2.45) is 10.4 Å². The van der Waals surface area contributed by atoms with E-state index in [9.17, 15) is 0 Å². The standard InChI is InChI=1S/C24H37N5O/c1-25-23(28-20-24(14-18-30-2)12-6-7-13-24)27-19-22-26-15-17-29(22)16-8-11-21-9-4-3-5-10-21/h3-5,9-10,15,17H,6-8,11-14,16,18-20H2,1-2H3,(H2,25,27,28). The number of hydrogen-bond acceptors (Lipinski definition) is 3. The molecule has 0 spiro atoms. The predicted molar refractivity (Wildman–Crippen MR) is 123 cm³/mol. The molecule has 3 rings (SSSR count). The molecular weight excluding hydrogens is 374 g/mol. The molecule has 164 valence electrons. The van der Waals surface area contributed by atoms with Crippen molar-refractivity contribution in [3.05, 3.63) is 54.1 Å². The minimum atomic E-state index is 0.337. The van der Waals surface area contributed by atoms with Crippen molar-refractivity contribution < 1.29 is 4.74 Å². The highest BCUT2D eigenvalue weighted by Gasteiger charge is 2.33. The molecule has 30 heavy (non-hydrogen) atoms. The molecule has 0 unspecified atom stereocenters. The van der Waals surface area contributed by atoms with Gasteiger partial charge in [0.1, 0.15) is 5.82 Å². The Morgan fingerprint density at radius 2 is 2.00 bits per heavy atom. The second kappa shape index (κ2) is 11.7. The zero-order valence-corrected chi connectivity index (χ0v) is 18.6. The van der Waals surface area contributed by atoms with Gasteiger partial charge in [-0.1, -0.05) is 43.2 Å². The van der Waals surface area contributed by atoms with Crippen LogP contribution in [0, 0.1) is 5.41 Å². The first-order valence-corrected chi connectivity index (χ1v) is 11.2. The minimum absolute atomic E-state index is 0.337. The Morgan fingerprint density at radius 1 is 1.20 bits per heavy atom. The number of ether oxygens (including phenoxy) is 1. The fourth-order valence-corrected chi connectivity index (χ4v) is 4.42. The Morgan fingerprint density at radius 3 is 2.73 bits per heavy atom. The van der Waals surface area contributed by atoms with Crippen molar-refractivity contribution >= 4 is 5.96 Å². The Hall–Kier alpha value is -2.34. The predicted octanol–water partition coefficient (Wildman–Crippen LogP) is 3.78. The molecule has 1 heterocycles. The van der Waals surface area contributed by atoms with Gasteiger partial charge in [-0.2, -0.15) is 0 Å². The molecule has 0 atom stereocenters. The fraction of sp³-hybridized carbons (Fsp3) is 0.583. The fourth-order valence-electron chi connectivity index (χ4n) is 4.42. The highest BCUT2D eigenvalue weighted by molar-refractivity contribution is 5.79. The highest BCUT2D eigenvalue weighted by atomic mass is 16.5. The highest BCUT2D eigenvalue weighted by Crippen LogP contribution is 2.40. The molecule has 6 nitrogen and oxygen atoms in total. The summed E-state index contributed by atoms with van der Waals surface area (Å²) < 4.78 is 7.58. The molecule has 0 aliphatic heterocycles. The van der Waals surface area contributed by atoms with Crippen molar-refractivity contribution in [3.8, 4) is 0 Å². The second-order valence-corrected chi connectivity index (χ2v) is 8.36. The minimum Gasteiger partial charge on any atom is -0.385 e. The average molecular weight is 412 g/mol. The first kappa shape index (κ1) is 22.3. The summed E-state index contributed by atoms with van der Waals surface area (Å²) in [7, 11) is 3.62. The van der Waals surface area contributed by atoms with Crippen molar-refractivity contribution in [1.82, 2.24) is 20.2 Å². The average Bonchev–Trinajstić information content (AvgIpc) is 3.43. The van der Waals surface area contributed by atoms with Gasteiger partial charge in [0.05, 0.1) is 6.54 Å². The molecule has 1 fully saturated rings. The third-order valence-electron chi connectivity index (χ3n) is 6.28. The molecule has 0 amide bonds. The summed E-state index contributed by atoms with van der Waals surface area (Å²) in [6, 6.07) is 10.7. The topological polar surface area (TPSA) is 63.5 Å². The van der Waals surface area contributed by atoms with Gasteiger partial charge in [0, 0.05) is 46.2 Å². The molecule has 6 heteroatoms. The van der Waals surface area contributed by atoms with Gasteiger partial charge < -0.3 is 19.9 Å². The number of benzene rings is 1. The van der Waals surface area contributed by atoms with E-state index >= 15 is 0 Å². The van der Waals surface area contributed by atoms with Crippen LogP contribution in [-0.4, -0.2) is 42.8 Å². The maximum Gasteiger partial charge on any atom is 0.191 e. The molecule has 1 saturated carbocycles. The van der Waals surface area contributed by atoms with Crippen LogP contribution in [0.2, 0.25) is 0 Å². The number of nitrogens with one attached hydrogen (secondary N) is 2. The Bertz CT molecular complexity index is 765. The third kappa shape index (κ3) is 6.59. The van der Waals surface area contributed by atoms with Crippen LogP contribution >= 0.6 is 0 Å². The molecule has 0 bridgehead atoms. The maximum atomic E-state index is 5.35. The number of aryl methyl sites for hydroxylation is 2. The molecule has 0 radical (unpaired) electrons. The first-order valence-electron chi connectivity index (χ1n) is 11.2.